The van der Waals surface area contributed by atoms with Crippen LogP contribution in [0.15, 0.2) is 18.2 Å². The van der Waals surface area contributed by atoms with Gasteiger partial charge in [0.2, 0.25) is 0 Å². The molecule has 0 bridgehead atoms. The topological polar surface area (TPSA) is 29.3 Å². The van der Waals surface area contributed by atoms with Crippen molar-refractivity contribution in [3.05, 3.63) is 34.9 Å². The predicted molar refractivity (Wildman–Crippen MR) is 73.0 cm³/mol. The summed E-state index contributed by atoms with van der Waals surface area (Å²) in [5.74, 6) is 0. The van der Waals surface area contributed by atoms with E-state index in [0.29, 0.717) is 0 Å². The molecule has 0 heterocycles. The molecule has 94 valence electrons. The fraction of sp³-hybridized carbons (Fsp3) is 0.600. The van der Waals surface area contributed by atoms with Gasteiger partial charge in [-0.3, -0.25) is 4.90 Å². The Bertz CT molecular complexity index is 349. The molecule has 0 amide bonds. The fourth-order valence-corrected chi connectivity index (χ4v) is 2.43. The van der Waals surface area contributed by atoms with Crippen LogP contribution in [0.1, 0.15) is 36.0 Å². The summed E-state index contributed by atoms with van der Waals surface area (Å²) >= 11 is 0. The molecule has 1 saturated carbocycles. The maximum Gasteiger partial charge on any atom is 0.0241 e. The van der Waals surface area contributed by atoms with Crippen LogP contribution in [0, 0.1) is 13.8 Å². The average Bonchev–Trinajstić information content (AvgIpc) is 3.12. The quantitative estimate of drug-likeness (QED) is 0.817. The highest BCUT2D eigenvalue weighted by atomic mass is 15.2. The van der Waals surface area contributed by atoms with Crippen molar-refractivity contribution in [2.45, 2.75) is 45.7 Å². The lowest BCUT2D eigenvalue weighted by Gasteiger charge is -2.23. The molecule has 2 nitrogen and oxygen atoms in total. The van der Waals surface area contributed by atoms with E-state index in [9.17, 15) is 0 Å². The molecular weight excluding hydrogens is 208 g/mol. The molecule has 2 rings (SSSR count). The van der Waals surface area contributed by atoms with Gasteiger partial charge in [0.25, 0.3) is 0 Å². The molecule has 0 aliphatic heterocycles. The van der Waals surface area contributed by atoms with Gasteiger partial charge >= 0.3 is 0 Å². The largest absolute Gasteiger partial charge is 0.330 e. The molecule has 1 aliphatic rings. The first kappa shape index (κ1) is 12.6. The molecular formula is C15H24N2. The molecule has 0 saturated heterocycles. The van der Waals surface area contributed by atoms with Gasteiger partial charge in [-0.15, -0.1) is 0 Å². The monoisotopic (exact) mass is 232 g/mol. The fourth-order valence-electron chi connectivity index (χ4n) is 2.43. The predicted octanol–water partition coefficient (Wildman–Crippen LogP) is 2.62. The number of hydrogen-bond acceptors (Lipinski definition) is 2. The third-order valence-electron chi connectivity index (χ3n) is 3.72. The van der Waals surface area contributed by atoms with Gasteiger partial charge in [0.05, 0.1) is 0 Å². The number of aryl methyl sites for hydroxylation is 2. The molecule has 2 N–H and O–H groups in total. The SMILES string of the molecule is Cc1cccc(C)c1CN(CCCN)C1CC1. The highest BCUT2D eigenvalue weighted by Gasteiger charge is 2.28. The zero-order valence-electron chi connectivity index (χ0n) is 11.1. The minimum atomic E-state index is 0.802. The van der Waals surface area contributed by atoms with Crippen LogP contribution in [0.4, 0.5) is 0 Å². The van der Waals surface area contributed by atoms with E-state index in [1.807, 2.05) is 0 Å². The summed E-state index contributed by atoms with van der Waals surface area (Å²) in [7, 11) is 0. The van der Waals surface area contributed by atoms with Crippen LogP contribution >= 0.6 is 0 Å². The molecule has 1 aliphatic carbocycles. The van der Waals surface area contributed by atoms with E-state index >= 15 is 0 Å². The van der Waals surface area contributed by atoms with Crippen molar-refractivity contribution >= 4 is 0 Å². The summed E-state index contributed by atoms with van der Waals surface area (Å²) in [5, 5.41) is 0. The second-order valence-corrected chi connectivity index (χ2v) is 5.21. The molecule has 1 aromatic rings. The lowest BCUT2D eigenvalue weighted by atomic mass is 10.0. The van der Waals surface area contributed by atoms with Gasteiger partial charge < -0.3 is 5.73 Å². The Labute approximate surface area is 105 Å². The first-order chi connectivity index (χ1) is 8.22. The zero-order valence-corrected chi connectivity index (χ0v) is 11.1. The van der Waals surface area contributed by atoms with Crippen molar-refractivity contribution in [1.29, 1.82) is 0 Å². The van der Waals surface area contributed by atoms with Gasteiger partial charge in [-0.2, -0.15) is 0 Å². The van der Waals surface area contributed by atoms with E-state index in [1.165, 1.54) is 29.5 Å². The molecule has 0 radical (unpaired) electrons. The number of rotatable bonds is 6. The molecule has 1 fully saturated rings. The van der Waals surface area contributed by atoms with Crippen LogP contribution in [-0.4, -0.2) is 24.0 Å². The number of benzene rings is 1. The van der Waals surface area contributed by atoms with Crippen LogP contribution in [-0.2, 0) is 6.54 Å². The van der Waals surface area contributed by atoms with Crippen LogP contribution in [0.25, 0.3) is 0 Å². The number of nitrogens with zero attached hydrogens (tertiary/aromatic N) is 1. The maximum atomic E-state index is 5.62. The van der Waals surface area contributed by atoms with Crippen molar-refractivity contribution in [2.24, 2.45) is 5.73 Å². The van der Waals surface area contributed by atoms with E-state index < -0.39 is 0 Å². The minimum Gasteiger partial charge on any atom is -0.330 e. The molecule has 2 heteroatoms. The Morgan fingerprint density at radius 1 is 1.24 bits per heavy atom. The van der Waals surface area contributed by atoms with E-state index in [2.05, 4.69) is 36.9 Å². The second-order valence-electron chi connectivity index (χ2n) is 5.21. The summed E-state index contributed by atoms with van der Waals surface area (Å²) in [6.45, 7) is 7.49. The Morgan fingerprint density at radius 3 is 2.41 bits per heavy atom. The van der Waals surface area contributed by atoms with Crippen molar-refractivity contribution in [3.8, 4) is 0 Å². The molecule has 17 heavy (non-hydrogen) atoms. The lowest BCUT2D eigenvalue weighted by molar-refractivity contribution is 0.252. The van der Waals surface area contributed by atoms with E-state index in [4.69, 9.17) is 5.73 Å². The molecule has 0 spiro atoms. The summed E-state index contributed by atoms with van der Waals surface area (Å²) in [5.41, 5.74) is 9.97. The van der Waals surface area contributed by atoms with Gasteiger partial charge in [-0.1, -0.05) is 18.2 Å². The smallest absolute Gasteiger partial charge is 0.0241 e. The van der Waals surface area contributed by atoms with Gasteiger partial charge in [-0.25, -0.2) is 0 Å². The zero-order chi connectivity index (χ0) is 12.3. The van der Waals surface area contributed by atoms with Gasteiger partial charge in [0.1, 0.15) is 0 Å². The Balaban J connectivity index is 2.06. The molecule has 1 aromatic carbocycles. The van der Waals surface area contributed by atoms with E-state index in [-0.39, 0.29) is 0 Å². The van der Waals surface area contributed by atoms with Crippen LogP contribution < -0.4 is 5.73 Å². The Kier molecular flexibility index (Phi) is 4.19. The van der Waals surface area contributed by atoms with Crippen LogP contribution in [0.2, 0.25) is 0 Å². The Morgan fingerprint density at radius 2 is 1.88 bits per heavy atom. The van der Waals surface area contributed by atoms with Crippen molar-refractivity contribution < 1.29 is 0 Å². The van der Waals surface area contributed by atoms with Gasteiger partial charge in [0, 0.05) is 12.6 Å². The summed E-state index contributed by atoms with van der Waals surface area (Å²) in [6.07, 6.45) is 3.85. The second kappa shape index (κ2) is 5.65. The van der Waals surface area contributed by atoms with E-state index in [0.717, 1.165) is 32.1 Å². The van der Waals surface area contributed by atoms with Gasteiger partial charge in [-0.05, 0) is 62.9 Å². The summed E-state index contributed by atoms with van der Waals surface area (Å²) in [6, 6.07) is 7.41. The molecule has 0 aromatic heterocycles. The van der Waals surface area contributed by atoms with Crippen LogP contribution in [0.5, 0.6) is 0 Å². The normalized spacial score (nSPS) is 15.5. The van der Waals surface area contributed by atoms with Crippen molar-refractivity contribution in [2.75, 3.05) is 13.1 Å². The molecule has 0 unspecified atom stereocenters. The minimum absolute atomic E-state index is 0.802. The average molecular weight is 232 g/mol. The first-order valence-electron chi connectivity index (χ1n) is 6.71. The highest BCUT2D eigenvalue weighted by molar-refractivity contribution is 5.33. The first-order valence-corrected chi connectivity index (χ1v) is 6.71. The summed E-state index contributed by atoms with van der Waals surface area (Å²) < 4.78 is 0. The number of hydrogen-bond donors (Lipinski definition) is 1. The maximum absolute atomic E-state index is 5.62. The third kappa shape index (κ3) is 3.30. The third-order valence-corrected chi connectivity index (χ3v) is 3.72. The van der Waals surface area contributed by atoms with Crippen molar-refractivity contribution in [3.63, 3.8) is 0 Å². The van der Waals surface area contributed by atoms with Gasteiger partial charge in [0.15, 0.2) is 0 Å². The highest BCUT2D eigenvalue weighted by Crippen LogP contribution is 2.29. The van der Waals surface area contributed by atoms with E-state index in [1.54, 1.807) is 0 Å². The molecule has 0 atom stereocenters. The summed E-state index contributed by atoms with van der Waals surface area (Å²) in [4.78, 5) is 2.61. The van der Waals surface area contributed by atoms with Crippen molar-refractivity contribution in [1.82, 2.24) is 4.90 Å². The Hall–Kier alpha value is -0.860. The number of nitrogens with two attached hydrogens (primary N) is 1. The lowest BCUT2D eigenvalue weighted by Crippen LogP contribution is -2.28. The standard InChI is InChI=1S/C15H24N2/c1-12-5-3-6-13(2)15(12)11-17(10-4-9-16)14-7-8-14/h3,5-6,14H,4,7-11,16H2,1-2H3. The van der Waals surface area contributed by atoms with Crippen LogP contribution in [0.3, 0.4) is 0 Å².